The van der Waals surface area contributed by atoms with E-state index in [1.165, 1.54) is 0 Å². The molecule has 0 fully saturated rings. The standard InChI is InChI=1S/C8HF17O3S.C4H11NO2/c9-1(10,3(13,14)5(17,18)7(21,22)23)2(11,12)4(15,16)6(19,20)8(24,25)29(26,27)28;6-3-1-5-2-4-7/h(H,26,27,28);5-7H,1-4H2. The topological polar surface area (TPSA) is 114 Å². The monoisotopic (exact) mass is 605 g/mol. The summed E-state index contributed by atoms with van der Waals surface area (Å²) in [6.07, 6.45) is -7.89. The summed E-state index contributed by atoms with van der Waals surface area (Å²) in [6, 6.07) is 0. The van der Waals surface area contributed by atoms with Crippen molar-refractivity contribution in [3.63, 3.8) is 0 Å². The number of aliphatic hydroxyl groups is 2. The van der Waals surface area contributed by atoms with Gasteiger partial charge < -0.3 is 20.1 Å². The summed E-state index contributed by atoms with van der Waals surface area (Å²) >= 11 is 0. The van der Waals surface area contributed by atoms with Gasteiger partial charge in [-0.25, -0.2) is 8.42 Å². The van der Waals surface area contributed by atoms with Crippen LogP contribution in [0.4, 0.5) is 74.6 Å². The molecule has 0 saturated heterocycles. The molecule has 0 aliphatic heterocycles. The lowest BCUT2D eigenvalue weighted by atomic mass is 9.91. The molecule has 6 nitrogen and oxygen atoms in total. The third kappa shape index (κ3) is 5.85. The number of quaternary nitrogens is 1. The average molecular weight is 605 g/mol. The maximum Gasteiger partial charge on any atom is 0.460 e. The first kappa shape index (κ1) is 36.8. The molecule has 0 heterocycles. The highest BCUT2D eigenvalue weighted by Crippen LogP contribution is 2.64. The normalized spacial score (nSPS) is 15.4. The van der Waals surface area contributed by atoms with Crippen molar-refractivity contribution in [3.8, 4) is 0 Å². The fraction of sp³-hybridized carbons (Fsp3) is 1.00. The van der Waals surface area contributed by atoms with Gasteiger partial charge in [-0.2, -0.15) is 74.6 Å². The van der Waals surface area contributed by atoms with Crippen LogP contribution in [0.3, 0.4) is 0 Å². The van der Waals surface area contributed by atoms with Gasteiger partial charge >= 0.3 is 47.0 Å². The lowest BCUT2D eigenvalue weighted by Crippen LogP contribution is -2.85. The third-order valence-corrected chi connectivity index (χ3v) is 4.56. The van der Waals surface area contributed by atoms with Crippen LogP contribution in [-0.2, 0) is 10.1 Å². The largest absolute Gasteiger partial charge is 0.743 e. The molecule has 0 aromatic carbocycles. The highest BCUT2D eigenvalue weighted by atomic mass is 32.2. The van der Waals surface area contributed by atoms with Gasteiger partial charge in [-0.15, -0.1) is 0 Å². The Balaban J connectivity index is 0. The minimum absolute atomic E-state index is 0.194. The smallest absolute Gasteiger partial charge is 0.460 e. The molecule has 24 heteroatoms. The first-order valence-electron chi connectivity index (χ1n) is 8.12. The maximum absolute atomic E-state index is 13.0. The van der Waals surface area contributed by atoms with E-state index < -0.39 is 57.1 Å². The van der Waals surface area contributed by atoms with Crippen molar-refractivity contribution in [1.82, 2.24) is 0 Å². The predicted octanol–water partition coefficient (Wildman–Crippen LogP) is 2.03. The van der Waals surface area contributed by atoms with Gasteiger partial charge in [0.2, 0.25) is 0 Å². The van der Waals surface area contributed by atoms with Crippen molar-refractivity contribution in [2.45, 2.75) is 47.0 Å². The lowest BCUT2D eigenvalue weighted by Gasteiger charge is -2.42. The highest BCUT2D eigenvalue weighted by molar-refractivity contribution is 7.86. The van der Waals surface area contributed by atoms with Gasteiger partial charge in [0.05, 0.1) is 26.3 Å². The second-order valence-corrected chi connectivity index (χ2v) is 7.65. The molecule has 0 aromatic heterocycles. The van der Waals surface area contributed by atoms with E-state index in [2.05, 4.69) is 0 Å². The maximum atomic E-state index is 13.0. The molecule has 0 bridgehead atoms. The Bertz CT molecular complexity index is 822. The van der Waals surface area contributed by atoms with Crippen LogP contribution in [0, 0.1) is 0 Å². The molecule has 0 saturated carbocycles. The summed E-state index contributed by atoms with van der Waals surface area (Å²) in [7, 11) is -8.14. The molecule has 0 amide bonds. The average Bonchev–Trinajstić information content (AvgIpc) is 2.66. The second kappa shape index (κ2) is 10.8. The van der Waals surface area contributed by atoms with Crippen molar-refractivity contribution in [2.75, 3.05) is 26.3 Å². The second-order valence-electron chi connectivity index (χ2n) is 6.23. The highest BCUT2D eigenvalue weighted by Gasteiger charge is 2.95. The Labute approximate surface area is 187 Å². The molecule has 0 aliphatic carbocycles. The molecular weight excluding hydrogens is 593 g/mol. The number of hydrogen-bond donors (Lipinski definition) is 3. The van der Waals surface area contributed by atoms with Gasteiger partial charge in [0, 0.05) is 0 Å². The number of rotatable bonds is 11. The molecule has 220 valence electrons. The molecule has 0 atom stereocenters. The molecular formula is C12H12F17NO5S. The third-order valence-electron chi connectivity index (χ3n) is 3.67. The predicted molar refractivity (Wildman–Crippen MR) is 76.2 cm³/mol. The van der Waals surface area contributed by atoms with Gasteiger partial charge in [-0.1, -0.05) is 0 Å². The molecule has 0 rings (SSSR count). The van der Waals surface area contributed by atoms with Gasteiger partial charge in [-0.3, -0.25) is 0 Å². The number of nitrogens with two attached hydrogens (primary N) is 1. The zero-order chi connectivity index (χ0) is 30.0. The zero-order valence-electron chi connectivity index (χ0n) is 16.4. The van der Waals surface area contributed by atoms with Crippen LogP contribution >= 0.6 is 0 Å². The molecule has 0 radical (unpaired) electrons. The van der Waals surface area contributed by atoms with Crippen molar-refractivity contribution in [3.05, 3.63) is 0 Å². The van der Waals surface area contributed by atoms with Gasteiger partial charge in [0.25, 0.3) is 0 Å². The molecule has 0 aliphatic rings. The fourth-order valence-corrected chi connectivity index (χ4v) is 2.08. The SMILES string of the molecule is O=S(=O)([O-])C(F)(F)C(F)(F)C(F)(F)C(F)(F)C(F)(F)C(F)(F)C(F)(F)C(F)(F)F.OCC[NH2+]CCO. The van der Waals surface area contributed by atoms with Crippen LogP contribution in [0.15, 0.2) is 0 Å². The minimum atomic E-state index is -8.92. The summed E-state index contributed by atoms with van der Waals surface area (Å²) in [5.41, 5.74) is 0. The van der Waals surface area contributed by atoms with E-state index in [-0.39, 0.29) is 13.2 Å². The van der Waals surface area contributed by atoms with Crippen LogP contribution in [0.1, 0.15) is 0 Å². The van der Waals surface area contributed by atoms with E-state index in [9.17, 15) is 87.6 Å². The van der Waals surface area contributed by atoms with E-state index in [0.717, 1.165) is 0 Å². The number of alkyl halides is 17. The number of halogens is 17. The van der Waals surface area contributed by atoms with Crippen LogP contribution in [-0.4, -0.2) is 96.5 Å². The first-order chi connectivity index (χ1) is 15.4. The quantitative estimate of drug-likeness (QED) is 0.190. The van der Waals surface area contributed by atoms with Crippen LogP contribution in [0.2, 0.25) is 0 Å². The fourth-order valence-electron chi connectivity index (χ4n) is 1.63. The summed E-state index contributed by atoms with van der Waals surface area (Å²) in [4.78, 5) is 0. The van der Waals surface area contributed by atoms with E-state index >= 15 is 0 Å². The Morgan fingerprint density at radius 1 is 0.528 bits per heavy atom. The van der Waals surface area contributed by atoms with E-state index in [1.54, 1.807) is 0 Å². The zero-order valence-corrected chi connectivity index (χ0v) is 17.2. The van der Waals surface area contributed by atoms with Crippen molar-refractivity contribution in [1.29, 1.82) is 0 Å². The summed E-state index contributed by atoms with van der Waals surface area (Å²) < 4.78 is 244. The first-order valence-corrected chi connectivity index (χ1v) is 9.52. The van der Waals surface area contributed by atoms with Crippen molar-refractivity contribution in [2.24, 2.45) is 0 Å². The summed E-state index contributed by atoms with van der Waals surface area (Å²) in [5, 5.41) is 10.3. The van der Waals surface area contributed by atoms with Crippen LogP contribution in [0.25, 0.3) is 0 Å². The molecule has 0 unspecified atom stereocenters. The van der Waals surface area contributed by atoms with Crippen LogP contribution < -0.4 is 5.32 Å². The van der Waals surface area contributed by atoms with Gasteiger partial charge in [-0.05, 0) is 0 Å². The van der Waals surface area contributed by atoms with E-state index in [1.807, 2.05) is 5.32 Å². The Hall–Kier alpha value is -1.40. The van der Waals surface area contributed by atoms with E-state index in [0.29, 0.717) is 13.1 Å². The van der Waals surface area contributed by atoms with Gasteiger partial charge in [0.15, 0.2) is 10.1 Å². The summed E-state index contributed by atoms with van der Waals surface area (Å²) in [5.74, 6) is -52.1. The Kier molecular flexibility index (Phi) is 11.0. The van der Waals surface area contributed by atoms with Gasteiger partial charge in [0.1, 0.15) is 0 Å². The lowest BCUT2D eigenvalue weighted by molar-refractivity contribution is -0.657. The van der Waals surface area contributed by atoms with E-state index in [4.69, 9.17) is 10.2 Å². The molecule has 4 N–H and O–H groups in total. The summed E-state index contributed by atoms with van der Waals surface area (Å²) in [6.45, 7) is 1.78. The Morgan fingerprint density at radius 2 is 0.778 bits per heavy atom. The Morgan fingerprint density at radius 3 is 1.00 bits per heavy atom. The molecule has 0 aromatic rings. The number of aliphatic hydroxyl groups excluding tert-OH is 2. The van der Waals surface area contributed by atoms with Crippen molar-refractivity contribution < 1.29 is 103 Å². The van der Waals surface area contributed by atoms with Crippen molar-refractivity contribution >= 4 is 10.1 Å². The van der Waals surface area contributed by atoms with Crippen LogP contribution in [0.5, 0.6) is 0 Å². The molecule has 36 heavy (non-hydrogen) atoms. The minimum Gasteiger partial charge on any atom is -0.743 e. The number of hydrogen-bond acceptors (Lipinski definition) is 5. The molecule has 0 spiro atoms.